The number of hydrogen-bond donors (Lipinski definition) is 1. The molecular weight excluding hydrogens is 300 g/mol. The van der Waals surface area contributed by atoms with Gasteiger partial charge in [0.25, 0.3) is 0 Å². The van der Waals surface area contributed by atoms with Gasteiger partial charge in [0.05, 0.1) is 11.3 Å². The Bertz CT molecular complexity index is 602. The van der Waals surface area contributed by atoms with Crippen LogP contribution in [0.3, 0.4) is 0 Å². The highest BCUT2D eigenvalue weighted by molar-refractivity contribution is 9.10. The number of rotatable bonds is 3. The second kappa shape index (κ2) is 5.14. The summed E-state index contributed by atoms with van der Waals surface area (Å²) in [5.74, 6) is -0.478. The SMILES string of the molecule is Cc1nc(Oc2cccc(Br)c2)ncc1C(=O)O. The lowest BCUT2D eigenvalue weighted by atomic mass is 10.2. The molecule has 0 saturated heterocycles. The van der Waals surface area contributed by atoms with Crippen molar-refractivity contribution >= 4 is 21.9 Å². The molecule has 0 fully saturated rings. The fraction of sp³-hybridized carbons (Fsp3) is 0.0833. The number of aromatic nitrogens is 2. The van der Waals surface area contributed by atoms with Crippen molar-refractivity contribution in [3.63, 3.8) is 0 Å². The van der Waals surface area contributed by atoms with Crippen LogP contribution in [0.2, 0.25) is 0 Å². The molecule has 0 aliphatic carbocycles. The van der Waals surface area contributed by atoms with E-state index in [-0.39, 0.29) is 11.6 Å². The maximum absolute atomic E-state index is 10.8. The molecule has 0 aliphatic heterocycles. The molecular formula is C12H9BrN2O3. The zero-order valence-corrected chi connectivity index (χ0v) is 11.0. The number of hydrogen-bond acceptors (Lipinski definition) is 4. The molecule has 2 aromatic rings. The Labute approximate surface area is 112 Å². The standard InChI is InChI=1S/C12H9BrN2O3/c1-7-10(11(16)17)6-14-12(15-7)18-9-4-2-3-8(13)5-9/h2-6H,1H3,(H,16,17). The zero-order chi connectivity index (χ0) is 13.1. The summed E-state index contributed by atoms with van der Waals surface area (Å²) in [6.07, 6.45) is 1.23. The quantitative estimate of drug-likeness (QED) is 0.943. The van der Waals surface area contributed by atoms with Gasteiger partial charge < -0.3 is 9.84 Å². The number of aromatic carboxylic acids is 1. The minimum atomic E-state index is -1.05. The number of carboxylic acids is 1. The molecule has 1 aromatic carbocycles. The molecule has 1 aromatic heterocycles. The van der Waals surface area contributed by atoms with Crippen molar-refractivity contribution in [2.24, 2.45) is 0 Å². The van der Waals surface area contributed by atoms with E-state index in [4.69, 9.17) is 9.84 Å². The monoisotopic (exact) mass is 308 g/mol. The molecule has 0 radical (unpaired) electrons. The van der Waals surface area contributed by atoms with Gasteiger partial charge in [0, 0.05) is 10.7 Å². The largest absolute Gasteiger partial charge is 0.478 e. The molecule has 0 bridgehead atoms. The molecule has 0 amide bonds. The highest BCUT2D eigenvalue weighted by Crippen LogP contribution is 2.22. The Kier molecular flexibility index (Phi) is 3.57. The molecule has 18 heavy (non-hydrogen) atoms. The first-order valence-corrected chi connectivity index (χ1v) is 5.86. The maximum atomic E-state index is 10.8. The van der Waals surface area contributed by atoms with E-state index in [0.717, 1.165) is 4.47 Å². The van der Waals surface area contributed by atoms with Crippen LogP contribution in [-0.2, 0) is 0 Å². The normalized spacial score (nSPS) is 10.1. The van der Waals surface area contributed by atoms with Gasteiger partial charge >= 0.3 is 12.0 Å². The predicted molar refractivity (Wildman–Crippen MR) is 67.9 cm³/mol. The van der Waals surface area contributed by atoms with Gasteiger partial charge in [-0.1, -0.05) is 22.0 Å². The van der Waals surface area contributed by atoms with Gasteiger partial charge in [-0.15, -0.1) is 0 Å². The topological polar surface area (TPSA) is 72.3 Å². The number of benzene rings is 1. The summed E-state index contributed by atoms with van der Waals surface area (Å²) in [5.41, 5.74) is 0.430. The minimum absolute atomic E-state index is 0.0663. The highest BCUT2D eigenvalue weighted by atomic mass is 79.9. The fourth-order valence-corrected chi connectivity index (χ4v) is 1.72. The molecule has 1 N–H and O–H groups in total. The molecule has 0 unspecified atom stereocenters. The Morgan fingerprint density at radius 1 is 1.44 bits per heavy atom. The van der Waals surface area contributed by atoms with Crippen molar-refractivity contribution in [3.8, 4) is 11.8 Å². The van der Waals surface area contributed by atoms with Crippen molar-refractivity contribution < 1.29 is 14.6 Å². The summed E-state index contributed by atoms with van der Waals surface area (Å²) >= 11 is 3.32. The van der Waals surface area contributed by atoms with Gasteiger partial charge in [0.2, 0.25) is 0 Å². The molecule has 6 heteroatoms. The second-order valence-corrected chi connectivity index (χ2v) is 4.43. The molecule has 0 spiro atoms. The van der Waals surface area contributed by atoms with Crippen LogP contribution in [0.4, 0.5) is 0 Å². The van der Waals surface area contributed by atoms with Crippen LogP contribution in [0.25, 0.3) is 0 Å². The predicted octanol–water partition coefficient (Wildman–Crippen LogP) is 3.04. The molecule has 92 valence electrons. The summed E-state index contributed by atoms with van der Waals surface area (Å²) in [4.78, 5) is 18.7. The fourth-order valence-electron chi connectivity index (χ4n) is 1.34. The van der Waals surface area contributed by atoms with Gasteiger partial charge in [-0.05, 0) is 25.1 Å². The van der Waals surface area contributed by atoms with Crippen molar-refractivity contribution in [3.05, 3.63) is 46.2 Å². The van der Waals surface area contributed by atoms with E-state index in [0.29, 0.717) is 11.4 Å². The zero-order valence-electron chi connectivity index (χ0n) is 9.42. The molecule has 5 nitrogen and oxygen atoms in total. The minimum Gasteiger partial charge on any atom is -0.478 e. The van der Waals surface area contributed by atoms with Crippen LogP contribution in [0, 0.1) is 6.92 Å². The van der Waals surface area contributed by atoms with Crippen molar-refractivity contribution in [1.82, 2.24) is 9.97 Å². The van der Waals surface area contributed by atoms with E-state index in [1.807, 2.05) is 12.1 Å². The van der Waals surface area contributed by atoms with Crippen molar-refractivity contribution in [2.75, 3.05) is 0 Å². The Balaban J connectivity index is 2.25. The second-order valence-electron chi connectivity index (χ2n) is 3.52. The molecule has 1 heterocycles. The summed E-state index contributed by atoms with van der Waals surface area (Å²) in [6.45, 7) is 1.60. The van der Waals surface area contributed by atoms with E-state index in [9.17, 15) is 4.79 Å². The van der Waals surface area contributed by atoms with Crippen molar-refractivity contribution in [2.45, 2.75) is 6.92 Å². The third-order valence-corrected chi connectivity index (χ3v) is 2.69. The van der Waals surface area contributed by atoms with Crippen LogP contribution in [0.1, 0.15) is 16.1 Å². The van der Waals surface area contributed by atoms with Crippen LogP contribution >= 0.6 is 15.9 Å². The summed E-state index contributed by atoms with van der Waals surface area (Å²) in [7, 11) is 0. The molecule has 2 rings (SSSR count). The number of halogens is 1. The number of carboxylic acid groups (broad SMARTS) is 1. The lowest BCUT2D eigenvalue weighted by molar-refractivity contribution is 0.0695. The van der Waals surface area contributed by atoms with Gasteiger partial charge in [-0.3, -0.25) is 0 Å². The van der Waals surface area contributed by atoms with E-state index in [1.165, 1.54) is 6.20 Å². The number of aryl methyl sites for hydroxylation is 1. The number of ether oxygens (including phenoxy) is 1. The average molecular weight is 309 g/mol. The maximum Gasteiger partial charge on any atom is 0.339 e. The van der Waals surface area contributed by atoms with E-state index in [1.54, 1.807) is 19.1 Å². The lowest BCUT2D eigenvalue weighted by Crippen LogP contribution is -2.04. The number of nitrogens with zero attached hydrogens (tertiary/aromatic N) is 2. The Morgan fingerprint density at radius 3 is 2.83 bits per heavy atom. The lowest BCUT2D eigenvalue weighted by Gasteiger charge is -2.05. The van der Waals surface area contributed by atoms with E-state index < -0.39 is 5.97 Å². The van der Waals surface area contributed by atoms with Crippen molar-refractivity contribution in [1.29, 1.82) is 0 Å². The van der Waals surface area contributed by atoms with Gasteiger partial charge in [-0.2, -0.15) is 4.98 Å². The average Bonchev–Trinajstić information content (AvgIpc) is 2.28. The third-order valence-electron chi connectivity index (χ3n) is 2.19. The molecule has 0 saturated carbocycles. The van der Waals surface area contributed by atoms with Crippen LogP contribution in [0.5, 0.6) is 11.8 Å². The summed E-state index contributed by atoms with van der Waals surface area (Å²) < 4.78 is 6.30. The van der Waals surface area contributed by atoms with Gasteiger partial charge in [0.15, 0.2) is 0 Å². The first kappa shape index (κ1) is 12.5. The van der Waals surface area contributed by atoms with Gasteiger partial charge in [-0.25, -0.2) is 9.78 Å². The molecule has 0 aliphatic rings. The Morgan fingerprint density at radius 2 is 2.22 bits per heavy atom. The molecule has 0 atom stereocenters. The van der Waals surface area contributed by atoms with Gasteiger partial charge in [0.1, 0.15) is 5.75 Å². The first-order chi connectivity index (χ1) is 8.56. The van der Waals surface area contributed by atoms with Crippen LogP contribution < -0.4 is 4.74 Å². The van der Waals surface area contributed by atoms with Crippen LogP contribution in [-0.4, -0.2) is 21.0 Å². The van der Waals surface area contributed by atoms with Crippen LogP contribution in [0.15, 0.2) is 34.9 Å². The third kappa shape index (κ3) is 2.84. The first-order valence-electron chi connectivity index (χ1n) is 5.06. The van der Waals surface area contributed by atoms with E-state index >= 15 is 0 Å². The summed E-state index contributed by atoms with van der Waals surface area (Å²) in [5, 5.41) is 8.86. The number of carbonyl (C=O) groups is 1. The smallest absolute Gasteiger partial charge is 0.339 e. The highest BCUT2D eigenvalue weighted by Gasteiger charge is 2.10. The Hall–Kier alpha value is -1.95. The summed E-state index contributed by atoms with van der Waals surface area (Å²) in [6, 6.07) is 7.33. The van der Waals surface area contributed by atoms with E-state index in [2.05, 4.69) is 25.9 Å².